The highest BCUT2D eigenvalue weighted by Gasteiger charge is 2.24. The van der Waals surface area contributed by atoms with E-state index in [-0.39, 0.29) is 0 Å². The van der Waals surface area contributed by atoms with Gasteiger partial charge in [-0.05, 0) is 12.1 Å². The van der Waals surface area contributed by atoms with Crippen LogP contribution in [0.5, 0.6) is 17.2 Å². The summed E-state index contributed by atoms with van der Waals surface area (Å²) in [4.78, 5) is 3.26. The Bertz CT molecular complexity index is 456. The summed E-state index contributed by atoms with van der Waals surface area (Å²) < 4.78 is 16.3. The fourth-order valence-corrected chi connectivity index (χ4v) is 2.78. The molecule has 3 rings (SSSR count). The zero-order valence-electron chi connectivity index (χ0n) is 11.6. The molecule has 0 saturated carbocycles. The van der Waals surface area contributed by atoms with Gasteiger partial charge in [-0.2, -0.15) is 0 Å². The van der Waals surface area contributed by atoms with E-state index in [0.717, 1.165) is 23.8 Å². The fourth-order valence-electron chi connectivity index (χ4n) is 2.78. The van der Waals surface area contributed by atoms with Crippen molar-refractivity contribution >= 4 is 0 Å². The molecule has 1 fully saturated rings. The molecule has 0 amide bonds. The van der Waals surface area contributed by atoms with Crippen LogP contribution in [0.25, 0.3) is 0 Å². The van der Waals surface area contributed by atoms with Crippen molar-refractivity contribution in [3.8, 4) is 17.2 Å². The smallest absolute Gasteiger partial charge is 0.231 e. The predicted molar refractivity (Wildman–Crippen MR) is 70.1 cm³/mol. The van der Waals surface area contributed by atoms with Gasteiger partial charge < -0.3 is 24.0 Å². The van der Waals surface area contributed by atoms with E-state index in [0.29, 0.717) is 6.79 Å². The normalized spacial score (nSPS) is 25.4. The van der Waals surface area contributed by atoms with Crippen molar-refractivity contribution in [2.24, 2.45) is 0 Å². The number of methoxy groups -OCH3 is 1. The molecule has 2 N–H and O–H groups in total. The van der Waals surface area contributed by atoms with Gasteiger partial charge in [-0.15, -0.1) is 0 Å². The van der Waals surface area contributed by atoms with Crippen LogP contribution in [0.2, 0.25) is 0 Å². The SMILES string of the molecule is COc1cc(C[NH+]2CC[NH+](C)CC2)cc2c1OCO2. The van der Waals surface area contributed by atoms with Crippen molar-refractivity contribution in [3.63, 3.8) is 0 Å². The van der Waals surface area contributed by atoms with Crippen LogP contribution in [0.1, 0.15) is 5.56 Å². The molecule has 2 aliphatic rings. The molecule has 2 heterocycles. The molecule has 0 spiro atoms. The minimum atomic E-state index is 0.292. The average Bonchev–Trinajstić information content (AvgIpc) is 2.89. The first-order valence-electron chi connectivity index (χ1n) is 6.87. The Hall–Kier alpha value is -1.46. The van der Waals surface area contributed by atoms with Crippen LogP contribution in [0, 0.1) is 0 Å². The van der Waals surface area contributed by atoms with E-state index in [1.54, 1.807) is 16.9 Å². The third-order valence-electron chi connectivity index (χ3n) is 3.98. The Morgan fingerprint density at radius 1 is 1.16 bits per heavy atom. The van der Waals surface area contributed by atoms with E-state index < -0.39 is 0 Å². The maximum Gasteiger partial charge on any atom is 0.231 e. The molecule has 19 heavy (non-hydrogen) atoms. The summed E-state index contributed by atoms with van der Waals surface area (Å²) in [6.45, 7) is 6.26. The summed E-state index contributed by atoms with van der Waals surface area (Å²) in [6.07, 6.45) is 0. The molecule has 2 aliphatic heterocycles. The van der Waals surface area contributed by atoms with Gasteiger partial charge in [0.25, 0.3) is 0 Å². The van der Waals surface area contributed by atoms with Crippen molar-refractivity contribution in [1.29, 1.82) is 0 Å². The molecule has 1 aromatic carbocycles. The minimum absolute atomic E-state index is 0.292. The Kier molecular flexibility index (Phi) is 3.48. The van der Waals surface area contributed by atoms with Crippen molar-refractivity contribution in [1.82, 2.24) is 0 Å². The number of fused-ring (bicyclic) bond motifs is 1. The molecule has 0 radical (unpaired) electrons. The number of quaternary nitrogens is 2. The maximum absolute atomic E-state index is 5.47. The highest BCUT2D eigenvalue weighted by Crippen LogP contribution is 2.41. The Balaban J connectivity index is 1.74. The van der Waals surface area contributed by atoms with Crippen molar-refractivity contribution in [3.05, 3.63) is 17.7 Å². The van der Waals surface area contributed by atoms with Gasteiger partial charge in [-0.25, -0.2) is 0 Å². The van der Waals surface area contributed by atoms with Gasteiger partial charge in [0.05, 0.1) is 14.2 Å². The molecule has 0 aliphatic carbocycles. The number of nitrogens with one attached hydrogen (secondary N) is 2. The van der Waals surface area contributed by atoms with E-state index in [9.17, 15) is 0 Å². The van der Waals surface area contributed by atoms with E-state index in [4.69, 9.17) is 14.2 Å². The van der Waals surface area contributed by atoms with E-state index in [1.165, 1.54) is 31.7 Å². The van der Waals surface area contributed by atoms with Gasteiger partial charge in [0.15, 0.2) is 11.5 Å². The van der Waals surface area contributed by atoms with E-state index in [1.807, 2.05) is 0 Å². The molecule has 1 saturated heterocycles. The number of hydrogen-bond acceptors (Lipinski definition) is 3. The molecule has 0 aromatic heterocycles. The molecular formula is C14H22N2O3+2. The predicted octanol–water partition coefficient (Wildman–Crippen LogP) is -1.66. The second-order valence-electron chi connectivity index (χ2n) is 5.42. The van der Waals surface area contributed by atoms with Crippen molar-refractivity contribution < 1.29 is 24.0 Å². The zero-order chi connectivity index (χ0) is 13.2. The first-order valence-corrected chi connectivity index (χ1v) is 6.87. The molecule has 0 atom stereocenters. The van der Waals surface area contributed by atoms with Crippen LogP contribution >= 0.6 is 0 Å². The van der Waals surface area contributed by atoms with Gasteiger partial charge >= 0.3 is 0 Å². The Labute approximate surface area is 113 Å². The summed E-state index contributed by atoms with van der Waals surface area (Å²) in [7, 11) is 3.94. The fraction of sp³-hybridized carbons (Fsp3) is 0.571. The molecule has 104 valence electrons. The number of benzene rings is 1. The third-order valence-corrected chi connectivity index (χ3v) is 3.98. The second kappa shape index (κ2) is 5.27. The lowest BCUT2D eigenvalue weighted by molar-refractivity contribution is -1.01. The second-order valence-corrected chi connectivity index (χ2v) is 5.42. The van der Waals surface area contributed by atoms with Crippen LogP contribution in [0.4, 0.5) is 0 Å². The zero-order valence-corrected chi connectivity index (χ0v) is 11.6. The Morgan fingerprint density at radius 2 is 1.95 bits per heavy atom. The minimum Gasteiger partial charge on any atom is -0.493 e. The number of rotatable bonds is 3. The van der Waals surface area contributed by atoms with E-state index >= 15 is 0 Å². The number of piperazine rings is 1. The maximum atomic E-state index is 5.47. The van der Waals surface area contributed by atoms with Crippen LogP contribution < -0.4 is 24.0 Å². The first-order chi connectivity index (χ1) is 9.26. The molecule has 1 aromatic rings. The molecule has 5 heteroatoms. The number of hydrogen-bond donors (Lipinski definition) is 2. The topological polar surface area (TPSA) is 36.6 Å². The quantitative estimate of drug-likeness (QED) is 0.687. The average molecular weight is 266 g/mol. The number of ether oxygens (including phenoxy) is 3. The van der Waals surface area contributed by atoms with Crippen molar-refractivity contribution in [2.75, 3.05) is 47.1 Å². The number of likely N-dealkylation sites (N-methyl/N-ethyl adjacent to an activating group) is 1. The van der Waals surface area contributed by atoms with Crippen LogP contribution in [-0.4, -0.2) is 47.1 Å². The molecule has 5 nitrogen and oxygen atoms in total. The van der Waals surface area contributed by atoms with E-state index in [2.05, 4.69) is 19.2 Å². The summed E-state index contributed by atoms with van der Waals surface area (Å²) in [5.41, 5.74) is 1.26. The summed E-state index contributed by atoms with van der Waals surface area (Å²) in [6, 6.07) is 4.16. The van der Waals surface area contributed by atoms with Gasteiger partial charge in [0.1, 0.15) is 32.7 Å². The lowest BCUT2D eigenvalue weighted by Crippen LogP contribution is -3.26. The Morgan fingerprint density at radius 3 is 2.68 bits per heavy atom. The summed E-state index contributed by atoms with van der Waals surface area (Å²) in [5.74, 6) is 2.33. The highest BCUT2D eigenvalue weighted by atomic mass is 16.7. The van der Waals surface area contributed by atoms with Gasteiger partial charge in [-0.1, -0.05) is 0 Å². The first kappa shape index (κ1) is 12.6. The standard InChI is InChI=1S/C14H20N2O3/c1-15-3-5-16(6-4-15)9-11-7-12(17-2)14-13(8-11)18-10-19-14/h7-8H,3-6,9-10H2,1-2H3/p+2. The highest BCUT2D eigenvalue weighted by molar-refractivity contribution is 5.54. The van der Waals surface area contributed by atoms with Gasteiger partial charge in [-0.3, -0.25) is 0 Å². The van der Waals surface area contributed by atoms with Gasteiger partial charge in [0.2, 0.25) is 12.5 Å². The molecule has 0 unspecified atom stereocenters. The van der Waals surface area contributed by atoms with Crippen LogP contribution in [0.15, 0.2) is 12.1 Å². The third kappa shape index (κ3) is 2.62. The van der Waals surface area contributed by atoms with Crippen molar-refractivity contribution in [2.45, 2.75) is 6.54 Å². The molecular weight excluding hydrogens is 244 g/mol. The van der Waals surface area contributed by atoms with Crippen LogP contribution in [0.3, 0.4) is 0 Å². The lowest BCUT2D eigenvalue weighted by atomic mass is 10.1. The summed E-state index contributed by atoms with van der Waals surface area (Å²) >= 11 is 0. The van der Waals surface area contributed by atoms with Crippen LogP contribution in [-0.2, 0) is 6.54 Å². The lowest BCUT2D eigenvalue weighted by Gasteiger charge is -2.27. The largest absolute Gasteiger partial charge is 0.493 e. The monoisotopic (exact) mass is 266 g/mol. The van der Waals surface area contributed by atoms with Gasteiger partial charge in [0, 0.05) is 5.56 Å². The summed E-state index contributed by atoms with van der Waals surface area (Å²) in [5, 5.41) is 0. The molecule has 0 bridgehead atoms.